The minimum atomic E-state index is -0.918. The number of hydrogen-bond donors (Lipinski definition) is 0. The molecule has 1 fully saturated rings. The first-order valence-electron chi connectivity index (χ1n) is 10.6. The van der Waals surface area contributed by atoms with E-state index in [9.17, 15) is 19.2 Å². The van der Waals surface area contributed by atoms with Crippen molar-refractivity contribution in [3.8, 4) is 5.75 Å². The summed E-state index contributed by atoms with van der Waals surface area (Å²) in [5.74, 6) is -0.839. The molecule has 4 rings (SSSR count). The third-order valence-corrected chi connectivity index (χ3v) is 6.00. The zero-order valence-electron chi connectivity index (χ0n) is 18.1. The fraction of sp³-hybridized carbons (Fsp3) is 0.333. The number of carbonyl (C=O) groups excluding carboxylic acids is 4. The van der Waals surface area contributed by atoms with Crippen LogP contribution in [0.1, 0.15) is 44.4 Å². The molecule has 2 aromatic rings. The number of ether oxygens (including phenoxy) is 1. The van der Waals surface area contributed by atoms with Crippen molar-refractivity contribution < 1.29 is 23.9 Å². The van der Waals surface area contributed by atoms with Crippen molar-refractivity contribution in [3.63, 3.8) is 0 Å². The van der Waals surface area contributed by atoms with E-state index in [0.717, 1.165) is 4.90 Å². The number of para-hydroxylation sites is 1. The monoisotopic (exact) mass is 435 g/mol. The average Bonchev–Trinajstić information content (AvgIpc) is 2.98. The standard InChI is InChI=1S/C24H25N3O5/c1-16(27-23(30)17-8-3-4-9-18(17)24(27)31)21(28)25-12-7-13-26(15-14-25)22(29)19-10-5-6-11-20(19)32-2/h3-6,8-11,16H,7,12-15H2,1-2H3. The fourth-order valence-electron chi connectivity index (χ4n) is 4.27. The molecule has 0 bridgehead atoms. The van der Waals surface area contributed by atoms with E-state index in [1.165, 1.54) is 7.11 Å². The Morgan fingerprint density at radius 2 is 1.41 bits per heavy atom. The van der Waals surface area contributed by atoms with Crippen LogP contribution in [0.15, 0.2) is 48.5 Å². The van der Waals surface area contributed by atoms with Gasteiger partial charge in [-0.15, -0.1) is 0 Å². The number of imide groups is 1. The van der Waals surface area contributed by atoms with Gasteiger partial charge < -0.3 is 14.5 Å². The van der Waals surface area contributed by atoms with Crippen molar-refractivity contribution in [2.75, 3.05) is 33.3 Å². The molecule has 0 radical (unpaired) electrons. The Bertz CT molecular complexity index is 1050. The van der Waals surface area contributed by atoms with E-state index in [0.29, 0.717) is 55.0 Å². The average molecular weight is 435 g/mol. The number of rotatable bonds is 4. The molecule has 2 aliphatic rings. The van der Waals surface area contributed by atoms with E-state index < -0.39 is 17.9 Å². The van der Waals surface area contributed by atoms with Crippen molar-refractivity contribution in [3.05, 3.63) is 65.2 Å². The van der Waals surface area contributed by atoms with Gasteiger partial charge in [0.05, 0.1) is 23.8 Å². The Hall–Kier alpha value is -3.68. The number of carbonyl (C=O) groups is 4. The first-order valence-corrected chi connectivity index (χ1v) is 10.6. The Morgan fingerprint density at radius 3 is 2.06 bits per heavy atom. The highest BCUT2D eigenvalue weighted by molar-refractivity contribution is 6.22. The van der Waals surface area contributed by atoms with Crippen LogP contribution in [0.2, 0.25) is 0 Å². The van der Waals surface area contributed by atoms with Gasteiger partial charge in [0.15, 0.2) is 0 Å². The number of amides is 4. The summed E-state index contributed by atoms with van der Waals surface area (Å²) in [6.07, 6.45) is 0.599. The van der Waals surface area contributed by atoms with Gasteiger partial charge in [-0.3, -0.25) is 24.1 Å². The molecule has 0 aromatic heterocycles. The lowest BCUT2D eigenvalue weighted by molar-refractivity contribution is -0.134. The van der Waals surface area contributed by atoms with Crippen LogP contribution in [0.3, 0.4) is 0 Å². The van der Waals surface area contributed by atoms with E-state index >= 15 is 0 Å². The van der Waals surface area contributed by atoms with Crippen LogP contribution in [-0.4, -0.2) is 77.7 Å². The normalized spacial score (nSPS) is 17.1. The minimum absolute atomic E-state index is 0.148. The van der Waals surface area contributed by atoms with Gasteiger partial charge in [-0.1, -0.05) is 24.3 Å². The lowest BCUT2D eigenvalue weighted by Gasteiger charge is -2.28. The second-order valence-electron chi connectivity index (χ2n) is 7.87. The first-order chi connectivity index (χ1) is 15.4. The quantitative estimate of drug-likeness (QED) is 0.686. The molecule has 166 valence electrons. The molecule has 0 N–H and O–H groups in total. The molecular weight excluding hydrogens is 410 g/mol. The lowest BCUT2D eigenvalue weighted by Crippen LogP contribution is -2.50. The highest BCUT2D eigenvalue weighted by Crippen LogP contribution is 2.25. The van der Waals surface area contributed by atoms with E-state index in [1.807, 2.05) is 0 Å². The summed E-state index contributed by atoms with van der Waals surface area (Å²) in [5.41, 5.74) is 1.12. The van der Waals surface area contributed by atoms with Crippen molar-refractivity contribution >= 4 is 23.6 Å². The maximum Gasteiger partial charge on any atom is 0.262 e. The molecule has 1 atom stereocenters. The van der Waals surface area contributed by atoms with Crippen LogP contribution in [0.25, 0.3) is 0 Å². The van der Waals surface area contributed by atoms with Crippen molar-refractivity contribution in [2.24, 2.45) is 0 Å². The van der Waals surface area contributed by atoms with E-state index in [2.05, 4.69) is 0 Å². The van der Waals surface area contributed by atoms with Crippen LogP contribution in [0, 0.1) is 0 Å². The van der Waals surface area contributed by atoms with Crippen molar-refractivity contribution in [1.29, 1.82) is 0 Å². The molecule has 32 heavy (non-hydrogen) atoms. The molecule has 1 saturated heterocycles. The SMILES string of the molecule is COc1ccccc1C(=O)N1CCCN(C(=O)C(C)N2C(=O)c3ccccc3C2=O)CC1. The molecule has 8 heteroatoms. The number of nitrogens with zero attached hydrogens (tertiary/aromatic N) is 3. The highest BCUT2D eigenvalue weighted by Gasteiger charge is 2.42. The number of hydrogen-bond acceptors (Lipinski definition) is 5. The number of benzene rings is 2. The third-order valence-electron chi connectivity index (χ3n) is 6.00. The van der Waals surface area contributed by atoms with Gasteiger partial charge in [0.2, 0.25) is 5.91 Å². The van der Waals surface area contributed by atoms with Crippen LogP contribution in [0.5, 0.6) is 5.75 Å². The van der Waals surface area contributed by atoms with Crippen LogP contribution < -0.4 is 4.74 Å². The summed E-state index contributed by atoms with van der Waals surface area (Å²) in [6, 6.07) is 12.7. The molecule has 2 aromatic carbocycles. The van der Waals surface area contributed by atoms with Gasteiger partial charge in [0, 0.05) is 26.2 Å². The van der Waals surface area contributed by atoms with E-state index in [1.54, 1.807) is 65.3 Å². The smallest absolute Gasteiger partial charge is 0.262 e. The van der Waals surface area contributed by atoms with Crippen LogP contribution in [0.4, 0.5) is 0 Å². The Balaban J connectivity index is 1.44. The van der Waals surface area contributed by atoms with Gasteiger partial charge in [-0.25, -0.2) is 0 Å². The molecule has 2 aliphatic heterocycles. The van der Waals surface area contributed by atoms with Gasteiger partial charge >= 0.3 is 0 Å². The van der Waals surface area contributed by atoms with Crippen LogP contribution in [-0.2, 0) is 4.79 Å². The van der Waals surface area contributed by atoms with Gasteiger partial charge in [0.1, 0.15) is 11.8 Å². The Labute approximate surface area is 186 Å². The lowest BCUT2D eigenvalue weighted by atomic mass is 10.1. The van der Waals surface area contributed by atoms with Crippen molar-refractivity contribution in [1.82, 2.24) is 14.7 Å². The van der Waals surface area contributed by atoms with Gasteiger partial charge in [-0.2, -0.15) is 0 Å². The van der Waals surface area contributed by atoms with Gasteiger partial charge in [-0.05, 0) is 37.6 Å². The van der Waals surface area contributed by atoms with Crippen LogP contribution >= 0.6 is 0 Å². The summed E-state index contributed by atoms with van der Waals surface area (Å²) >= 11 is 0. The molecule has 0 aliphatic carbocycles. The highest BCUT2D eigenvalue weighted by atomic mass is 16.5. The fourth-order valence-corrected chi connectivity index (χ4v) is 4.27. The summed E-state index contributed by atoms with van der Waals surface area (Å²) < 4.78 is 5.30. The molecule has 0 spiro atoms. The minimum Gasteiger partial charge on any atom is -0.496 e. The van der Waals surface area contributed by atoms with Crippen molar-refractivity contribution in [2.45, 2.75) is 19.4 Å². The third kappa shape index (κ3) is 3.72. The van der Waals surface area contributed by atoms with E-state index in [4.69, 9.17) is 4.74 Å². The zero-order valence-corrected chi connectivity index (χ0v) is 18.1. The summed E-state index contributed by atoms with van der Waals surface area (Å²) in [4.78, 5) is 56.0. The molecular formula is C24H25N3O5. The zero-order chi connectivity index (χ0) is 22.8. The predicted octanol–water partition coefficient (Wildman–Crippen LogP) is 2.05. The van der Waals surface area contributed by atoms with E-state index in [-0.39, 0.29) is 11.8 Å². The summed E-state index contributed by atoms with van der Waals surface area (Å²) in [7, 11) is 1.52. The largest absolute Gasteiger partial charge is 0.496 e. The Kier molecular flexibility index (Phi) is 5.94. The summed E-state index contributed by atoms with van der Waals surface area (Å²) in [6.45, 7) is 3.21. The summed E-state index contributed by atoms with van der Waals surface area (Å²) in [5, 5.41) is 0. The predicted molar refractivity (Wildman–Crippen MR) is 116 cm³/mol. The molecule has 4 amide bonds. The number of fused-ring (bicyclic) bond motifs is 1. The number of methoxy groups -OCH3 is 1. The maximum atomic E-state index is 13.2. The molecule has 8 nitrogen and oxygen atoms in total. The Morgan fingerprint density at radius 1 is 0.844 bits per heavy atom. The molecule has 2 heterocycles. The molecule has 1 unspecified atom stereocenters. The first kappa shape index (κ1) is 21.5. The maximum absolute atomic E-state index is 13.2. The second-order valence-corrected chi connectivity index (χ2v) is 7.87. The van der Waals surface area contributed by atoms with Gasteiger partial charge in [0.25, 0.3) is 17.7 Å². The second kappa shape index (κ2) is 8.82. The molecule has 0 saturated carbocycles. The topological polar surface area (TPSA) is 87.2 Å².